The Kier molecular flexibility index (Phi) is 2.40. The van der Waals surface area contributed by atoms with Gasteiger partial charge in [-0.15, -0.1) is 0 Å². The third-order valence-corrected chi connectivity index (χ3v) is 2.44. The van der Waals surface area contributed by atoms with E-state index >= 15 is 0 Å². The lowest BCUT2D eigenvalue weighted by molar-refractivity contribution is 0.0698. The Hall–Kier alpha value is -1.88. The maximum Gasteiger partial charge on any atom is 0.336 e. The summed E-state index contributed by atoms with van der Waals surface area (Å²) in [6, 6.07) is 3.13. The Balaban J connectivity index is 3.06. The normalized spacial score (nSPS) is 10.6. The highest BCUT2D eigenvalue weighted by Crippen LogP contribution is 2.25. The van der Waals surface area contributed by atoms with Crippen molar-refractivity contribution >= 4 is 28.5 Å². The Bertz CT molecular complexity index is 650. The van der Waals surface area contributed by atoms with E-state index in [0.717, 1.165) is 12.1 Å². The fourth-order valence-electron chi connectivity index (χ4n) is 1.47. The van der Waals surface area contributed by atoms with Gasteiger partial charge in [-0.05, 0) is 12.1 Å². The van der Waals surface area contributed by atoms with Crippen molar-refractivity contribution in [2.45, 2.75) is 0 Å². The molecule has 0 saturated heterocycles. The van der Waals surface area contributed by atoms with Crippen molar-refractivity contribution in [1.29, 1.82) is 0 Å². The first-order valence-corrected chi connectivity index (χ1v) is 4.63. The number of hydrogen-bond acceptors (Lipinski definition) is 2. The molecule has 2 N–H and O–H groups in total. The molecule has 0 amide bonds. The number of pyridine rings is 1. The third kappa shape index (κ3) is 1.55. The van der Waals surface area contributed by atoms with Gasteiger partial charge in [-0.25, -0.2) is 9.18 Å². The van der Waals surface area contributed by atoms with Crippen molar-refractivity contribution in [3.63, 3.8) is 0 Å². The molecule has 0 atom stereocenters. The summed E-state index contributed by atoms with van der Waals surface area (Å²) < 4.78 is 13.5. The van der Waals surface area contributed by atoms with Gasteiger partial charge in [0.15, 0.2) is 0 Å². The summed E-state index contributed by atoms with van der Waals surface area (Å²) in [5.74, 6) is -2.12. The van der Waals surface area contributed by atoms with Gasteiger partial charge >= 0.3 is 5.97 Å². The highest BCUT2D eigenvalue weighted by molar-refractivity contribution is 6.35. The largest absolute Gasteiger partial charge is 0.478 e. The molecule has 0 unspecified atom stereocenters. The van der Waals surface area contributed by atoms with Crippen molar-refractivity contribution in [3.05, 3.63) is 45.0 Å². The predicted molar refractivity (Wildman–Crippen MR) is 56.5 cm³/mol. The molecule has 0 fully saturated rings. The fraction of sp³-hybridized carbons (Fsp3) is 0. The molecule has 0 aliphatic rings. The molecule has 16 heavy (non-hydrogen) atoms. The van der Waals surface area contributed by atoms with Gasteiger partial charge in [-0.3, -0.25) is 4.79 Å². The number of carboxylic acids is 1. The van der Waals surface area contributed by atoms with Gasteiger partial charge in [0.2, 0.25) is 5.56 Å². The maximum atomic E-state index is 13.5. The van der Waals surface area contributed by atoms with Gasteiger partial charge in [-0.2, -0.15) is 0 Å². The summed E-state index contributed by atoms with van der Waals surface area (Å²) in [5, 5.41) is 8.76. The number of benzene rings is 1. The first kappa shape index (κ1) is 10.6. The smallest absolute Gasteiger partial charge is 0.336 e. The predicted octanol–water partition coefficient (Wildman–Crippen LogP) is 2.02. The van der Waals surface area contributed by atoms with Gasteiger partial charge in [0, 0.05) is 6.07 Å². The van der Waals surface area contributed by atoms with Crippen LogP contribution in [0.15, 0.2) is 23.0 Å². The zero-order valence-electron chi connectivity index (χ0n) is 7.75. The summed E-state index contributed by atoms with van der Waals surface area (Å²) in [4.78, 5) is 24.3. The molecule has 1 aromatic carbocycles. The van der Waals surface area contributed by atoms with Crippen LogP contribution in [0.25, 0.3) is 10.9 Å². The summed E-state index contributed by atoms with van der Waals surface area (Å²) in [7, 11) is 0. The number of halogens is 2. The fourth-order valence-corrected chi connectivity index (χ4v) is 1.67. The van der Waals surface area contributed by atoms with Crippen molar-refractivity contribution in [1.82, 2.24) is 4.98 Å². The Morgan fingerprint density at radius 1 is 1.44 bits per heavy atom. The molecular weight excluding hydrogens is 237 g/mol. The molecule has 0 aliphatic carbocycles. The first-order chi connectivity index (χ1) is 7.50. The van der Waals surface area contributed by atoms with Crippen molar-refractivity contribution < 1.29 is 14.3 Å². The average Bonchev–Trinajstić information content (AvgIpc) is 2.22. The van der Waals surface area contributed by atoms with E-state index in [1.807, 2.05) is 0 Å². The maximum absolute atomic E-state index is 13.5. The SMILES string of the molecule is O=C(O)c1cc(=O)[nH]c2c(Cl)ccc(F)c12. The summed E-state index contributed by atoms with van der Waals surface area (Å²) in [6.07, 6.45) is 0. The van der Waals surface area contributed by atoms with Gasteiger partial charge < -0.3 is 10.1 Å². The van der Waals surface area contributed by atoms with E-state index in [1.54, 1.807) is 0 Å². The summed E-state index contributed by atoms with van der Waals surface area (Å²) in [5.41, 5.74) is -1.05. The van der Waals surface area contributed by atoms with Crippen LogP contribution in [0.4, 0.5) is 4.39 Å². The van der Waals surface area contributed by atoms with Crippen molar-refractivity contribution in [2.75, 3.05) is 0 Å². The molecule has 4 nitrogen and oxygen atoms in total. The van der Waals surface area contributed by atoms with E-state index in [2.05, 4.69) is 4.98 Å². The quantitative estimate of drug-likeness (QED) is 0.802. The summed E-state index contributed by atoms with van der Waals surface area (Å²) in [6.45, 7) is 0. The minimum atomic E-state index is -1.38. The number of fused-ring (bicyclic) bond motifs is 1. The molecule has 2 rings (SSSR count). The summed E-state index contributed by atoms with van der Waals surface area (Å²) >= 11 is 5.75. The standard InChI is InChI=1S/C10H5ClFNO3/c11-5-1-2-6(12)8-4(10(15)16)3-7(14)13-9(5)8/h1-3H,(H,13,14)(H,15,16). The van der Waals surface area contributed by atoms with Crippen LogP contribution in [0, 0.1) is 5.82 Å². The van der Waals surface area contributed by atoms with Crippen LogP contribution in [-0.4, -0.2) is 16.1 Å². The van der Waals surface area contributed by atoms with Gasteiger partial charge in [-0.1, -0.05) is 11.6 Å². The Morgan fingerprint density at radius 3 is 2.75 bits per heavy atom. The van der Waals surface area contributed by atoms with Crippen molar-refractivity contribution in [3.8, 4) is 0 Å². The van der Waals surface area contributed by atoms with E-state index < -0.39 is 22.9 Å². The highest BCUT2D eigenvalue weighted by Gasteiger charge is 2.15. The van der Waals surface area contributed by atoms with Crippen LogP contribution in [0.2, 0.25) is 5.02 Å². The molecular formula is C10H5ClFNO3. The van der Waals surface area contributed by atoms with E-state index in [-0.39, 0.29) is 15.9 Å². The van der Waals surface area contributed by atoms with Crippen LogP contribution >= 0.6 is 11.6 Å². The second kappa shape index (κ2) is 3.61. The number of hydrogen-bond donors (Lipinski definition) is 2. The average molecular weight is 242 g/mol. The first-order valence-electron chi connectivity index (χ1n) is 4.25. The van der Waals surface area contributed by atoms with Crippen LogP contribution in [0.1, 0.15) is 10.4 Å². The molecule has 0 spiro atoms. The molecule has 0 radical (unpaired) electrons. The van der Waals surface area contributed by atoms with Gasteiger partial charge in [0.1, 0.15) is 5.82 Å². The van der Waals surface area contributed by atoms with Gasteiger partial charge in [0.25, 0.3) is 0 Å². The number of H-pyrrole nitrogens is 1. The lowest BCUT2D eigenvalue weighted by Crippen LogP contribution is -2.11. The molecule has 0 aliphatic heterocycles. The second-order valence-electron chi connectivity index (χ2n) is 3.13. The number of aromatic carboxylic acids is 1. The lowest BCUT2D eigenvalue weighted by Gasteiger charge is -2.04. The number of carbonyl (C=O) groups is 1. The molecule has 6 heteroatoms. The number of aromatic nitrogens is 1. The molecule has 1 heterocycles. The number of rotatable bonds is 1. The molecule has 0 saturated carbocycles. The molecule has 82 valence electrons. The zero-order chi connectivity index (χ0) is 11.9. The zero-order valence-corrected chi connectivity index (χ0v) is 8.51. The third-order valence-electron chi connectivity index (χ3n) is 2.13. The van der Waals surface area contributed by atoms with Gasteiger partial charge in [0.05, 0.1) is 21.5 Å². The molecule has 0 bridgehead atoms. The second-order valence-corrected chi connectivity index (χ2v) is 3.54. The van der Waals surface area contributed by atoms with Crippen LogP contribution < -0.4 is 5.56 Å². The Labute approximate surface area is 93.3 Å². The van der Waals surface area contributed by atoms with Crippen LogP contribution in [0.3, 0.4) is 0 Å². The van der Waals surface area contributed by atoms with Crippen molar-refractivity contribution in [2.24, 2.45) is 0 Å². The highest BCUT2D eigenvalue weighted by atomic mass is 35.5. The molecule has 1 aromatic heterocycles. The monoisotopic (exact) mass is 241 g/mol. The van der Waals surface area contributed by atoms with Crippen LogP contribution in [0.5, 0.6) is 0 Å². The minimum absolute atomic E-state index is 0.00781. The lowest BCUT2D eigenvalue weighted by atomic mass is 10.1. The van der Waals surface area contributed by atoms with E-state index in [0.29, 0.717) is 0 Å². The van der Waals surface area contributed by atoms with E-state index in [1.165, 1.54) is 6.07 Å². The minimum Gasteiger partial charge on any atom is -0.478 e. The number of aromatic amines is 1. The number of nitrogens with one attached hydrogen (secondary N) is 1. The topological polar surface area (TPSA) is 70.2 Å². The Morgan fingerprint density at radius 2 is 2.12 bits per heavy atom. The number of carboxylic acid groups (broad SMARTS) is 1. The van der Waals surface area contributed by atoms with Crippen LogP contribution in [-0.2, 0) is 0 Å². The van der Waals surface area contributed by atoms with E-state index in [4.69, 9.17) is 16.7 Å². The molecule has 2 aromatic rings. The van der Waals surface area contributed by atoms with E-state index in [9.17, 15) is 14.0 Å².